The third-order valence-corrected chi connectivity index (χ3v) is 6.38. The Hall–Kier alpha value is -2.66. The molecule has 6 nitrogen and oxygen atoms in total. The van der Waals surface area contributed by atoms with Gasteiger partial charge in [0.25, 0.3) is 0 Å². The minimum atomic E-state index is 0.637. The number of hydrogen-bond acceptors (Lipinski definition) is 6. The van der Waals surface area contributed by atoms with Crippen LogP contribution in [0.1, 0.15) is 18.9 Å². The van der Waals surface area contributed by atoms with Gasteiger partial charge in [0.05, 0.1) is 30.0 Å². The molecule has 3 aromatic rings. The van der Waals surface area contributed by atoms with E-state index < -0.39 is 0 Å². The maximum absolute atomic E-state index is 10.0. The predicted molar refractivity (Wildman–Crippen MR) is 137 cm³/mol. The van der Waals surface area contributed by atoms with Crippen molar-refractivity contribution in [3.05, 3.63) is 48.0 Å². The Morgan fingerprint density at radius 2 is 1.94 bits per heavy atom. The molecule has 0 unspecified atom stereocenters. The Balaban J connectivity index is 1.57. The average Bonchev–Trinajstić information content (AvgIpc) is 3.18. The van der Waals surface area contributed by atoms with E-state index in [2.05, 4.69) is 70.7 Å². The number of morpholine rings is 1. The molecular formula is C26H32N4O2S. The van der Waals surface area contributed by atoms with E-state index in [9.17, 15) is 5.26 Å². The van der Waals surface area contributed by atoms with Crippen LogP contribution in [0.15, 0.2) is 42.5 Å². The van der Waals surface area contributed by atoms with Gasteiger partial charge in [0.1, 0.15) is 18.4 Å². The highest BCUT2D eigenvalue weighted by atomic mass is 32.1. The van der Waals surface area contributed by atoms with Crippen molar-refractivity contribution in [3.63, 3.8) is 0 Å². The van der Waals surface area contributed by atoms with Crippen molar-refractivity contribution >= 4 is 29.2 Å². The quantitative estimate of drug-likeness (QED) is 0.338. The first-order chi connectivity index (χ1) is 16.2. The SMILES string of the molecule is CCn1c(-c2ccc(NCCCS)cc2)c(C#N)c2ccc(OCCN3CCOCC3)cc21. The zero-order valence-electron chi connectivity index (χ0n) is 19.2. The summed E-state index contributed by atoms with van der Waals surface area (Å²) in [4.78, 5) is 2.36. The third-order valence-electron chi connectivity index (χ3n) is 6.07. The maximum Gasteiger partial charge on any atom is 0.121 e. The predicted octanol–water partition coefficient (Wildman–Crippen LogP) is 4.64. The van der Waals surface area contributed by atoms with Crippen molar-refractivity contribution in [1.29, 1.82) is 5.26 Å². The van der Waals surface area contributed by atoms with Crippen LogP contribution < -0.4 is 10.1 Å². The van der Waals surface area contributed by atoms with Gasteiger partial charge in [0.15, 0.2) is 0 Å². The van der Waals surface area contributed by atoms with Gasteiger partial charge < -0.3 is 19.4 Å². The highest BCUT2D eigenvalue weighted by Gasteiger charge is 2.19. The first-order valence-electron chi connectivity index (χ1n) is 11.7. The van der Waals surface area contributed by atoms with Crippen molar-refractivity contribution in [1.82, 2.24) is 9.47 Å². The number of anilines is 1. The van der Waals surface area contributed by atoms with E-state index in [0.29, 0.717) is 12.2 Å². The first-order valence-corrected chi connectivity index (χ1v) is 12.3. The summed E-state index contributed by atoms with van der Waals surface area (Å²) >= 11 is 4.26. The topological polar surface area (TPSA) is 62.5 Å². The van der Waals surface area contributed by atoms with E-state index in [4.69, 9.17) is 9.47 Å². The Morgan fingerprint density at radius 3 is 2.64 bits per heavy atom. The normalized spacial score (nSPS) is 14.3. The summed E-state index contributed by atoms with van der Waals surface area (Å²) < 4.78 is 13.7. The van der Waals surface area contributed by atoms with Crippen LogP contribution in [0.4, 0.5) is 5.69 Å². The molecule has 33 heavy (non-hydrogen) atoms. The smallest absolute Gasteiger partial charge is 0.121 e. The number of thiol groups is 1. The molecule has 2 aromatic carbocycles. The van der Waals surface area contributed by atoms with E-state index in [1.54, 1.807) is 0 Å². The molecule has 0 saturated carbocycles. The minimum absolute atomic E-state index is 0.637. The largest absolute Gasteiger partial charge is 0.492 e. The summed E-state index contributed by atoms with van der Waals surface area (Å²) in [6.45, 7) is 8.81. The summed E-state index contributed by atoms with van der Waals surface area (Å²) in [6.07, 6.45) is 1.02. The van der Waals surface area contributed by atoms with Gasteiger partial charge in [0, 0.05) is 49.9 Å². The van der Waals surface area contributed by atoms with Crippen LogP contribution in [-0.2, 0) is 11.3 Å². The Bertz CT molecular complexity index is 1100. The van der Waals surface area contributed by atoms with Gasteiger partial charge in [-0.1, -0.05) is 12.1 Å². The molecule has 0 aliphatic carbocycles. The molecule has 1 aliphatic rings. The van der Waals surface area contributed by atoms with Crippen molar-refractivity contribution in [3.8, 4) is 23.1 Å². The van der Waals surface area contributed by atoms with Gasteiger partial charge in [-0.15, -0.1) is 0 Å². The van der Waals surface area contributed by atoms with Gasteiger partial charge in [-0.3, -0.25) is 4.90 Å². The lowest BCUT2D eigenvalue weighted by Gasteiger charge is -2.26. The monoisotopic (exact) mass is 464 g/mol. The number of nitriles is 1. The van der Waals surface area contributed by atoms with Gasteiger partial charge in [-0.25, -0.2) is 0 Å². The number of benzene rings is 2. The molecule has 1 aliphatic heterocycles. The van der Waals surface area contributed by atoms with E-state index in [1.807, 2.05) is 12.1 Å². The van der Waals surface area contributed by atoms with E-state index in [0.717, 1.165) is 91.7 Å². The molecule has 0 amide bonds. The second kappa shape index (κ2) is 11.5. The Kier molecular flexibility index (Phi) is 8.16. The van der Waals surface area contributed by atoms with Gasteiger partial charge in [0.2, 0.25) is 0 Å². The van der Waals surface area contributed by atoms with Gasteiger partial charge in [-0.05, 0) is 48.9 Å². The molecule has 174 valence electrons. The molecule has 1 saturated heterocycles. The van der Waals surface area contributed by atoms with E-state index in [1.165, 1.54) is 0 Å². The van der Waals surface area contributed by atoms with Gasteiger partial charge >= 0.3 is 0 Å². The molecule has 2 heterocycles. The maximum atomic E-state index is 10.0. The number of hydrogen-bond donors (Lipinski definition) is 2. The lowest BCUT2D eigenvalue weighted by molar-refractivity contribution is 0.0322. The van der Waals surface area contributed by atoms with Crippen LogP contribution in [0.2, 0.25) is 0 Å². The van der Waals surface area contributed by atoms with Crippen molar-refractivity contribution < 1.29 is 9.47 Å². The van der Waals surface area contributed by atoms with E-state index >= 15 is 0 Å². The molecule has 0 spiro atoms. The molecule has 1 N–H and O–H groups in total. The zero-order valence-corrected chi connectivity index (χ0v) is 20.1. The van der Waals surface area contributed by atoms with Crippen LogP contribution in [0.3, 0.4) is 0 Å². The Morgan fingerprint density at radius 1 is 1.15 bits per heavy atom. The van der Waals surface area contributed by atoms with Crippen molar-refractivity contribution in [2.75, 3.05) is 57.1 Å². The fourth-order valence-corrected chi connectivity index (χ4v) is 4.49. The van der Waals surface area contributed by atoms with Crippen LogP contribution in [-0.4, -0.2) is 61.2 Å². The number of ether oxygens (including phenoxy) is 2. The average molecular weight is 465 g/mol. The molecule has 7 heteroatoms. The lowest BCUT2D eigenvalue weighted by Crippen LogP contribution is -2.38. The number of aromatic nitrogens is 1. The fourth-order valence-electron chi connectivity index (χ4n) is 4.34. The zero-order chi connectivity index (χ0) is 23.0. The highest BCUT2D eigenvalue weighted by molar-refractivity contribution is 7.80. The summed E-state index contributed by atoms with van der Waals surface area (Å²) in [6, 6.07) is 16.8. The molecule has 0 radical (unpaired) electrons. The van der Waals surface area contributed by atoms with Crippen LogP contribution in [0, 0.1) is 11.3 Å². The highest BCUT2D eigenvalue weighted by Crippen LogP contribution is 2.35. The number of rotatable bonds is 10. The summed E-state index contributed by atoms with van der Waals surface area (Å²) in [7, 11) is 0. The molecule has 1 fully saturated rings. The van der Waals surface area contributed by atoms with Crippen LogP contribution in [0.25, 0.3) is 22.2 Å². The Labute approximate surface area is 201 Å². The van der Waals surface area contributed by atoms with Crippen molar-refractivity contribution in [2.24, 2.45) is 0 Å². The molecule has 0 atom stereocenters. The number of nitrogens with zero attached hydrogens (tertiary/aromatic N) is 3. The van der Waals surface area contributed by atoms with E-state index in [-0.39, 0.29) is 0 Å². The summed E-state index contributed by atoms with van der Waals surface area (Å²) in [5.41, 5.74) is 4.82. The fraction of sp³-hybridized carbons (Fsp3) is 0.423. The van der Waals surface area contributed by atoms with Crippen molar-refractivity contribution in [2.45, 2.75) is 19.9 Å². The van der Waals surface area contributed by atoms with Crippen LogP contribution in [0.5, 0.6) is 5.75 Å². The standard InChI is InChI=1S/C26H32N4O2S/c1-2-30-25-18-22(32-16-13-29-11-14-31-15-12-29)8-9-23(25)24(19-27)26(30)20-4-6-21(7-5-20)28-10-3-17-33/h4-9,18,28,33H,2-3,10-17H2,1H3. The minimum Gasteiger partial charge on any atom is -0.492 e. The van der Waals surface area contributed by atoms with Crippen LogP contribution >= 0.6 is 12.6 Å². The number of nitrogens with one attached hydrogen (secondary N) is 1. The summed E-state index contributed by atoms with van der Waals surface area (Å²) in [5, 5.41) is 14.4. The second-order valence-corrected chi connectivity index (χ2v) is 8.59. The second-order valence-electron chi connectivity index (χ2n) is 8.14. The first kappa shape index (κ1) is 23.5. The van der Waals surface area contributed by atoms with Gasteiger partial charge in [-0.2, -0.15) is 17.9 Å². The molecule has 4 rings (SSSR count). The lowest BCUT2D eigenvalue weighted by atomic mass is 10.1. The summed E-state index contributed by atoms with van der Waals surface area (Å²) in [5.74, 6) is 1.70. The number of fused-ring (bicyclic) bond motifs is 1. The third kappa shape index (κ3) is 5.47. The molecule has 0 bridgehead atoms. The number of aryl methyl sites for hydroxylation is 1. The molecular weight excluding hydrogens is 432 g/mol. The molecule has 1 aromatic heterocycles.